The van der Waals surface area contributed by atoms with Crippen LogP contribution in [-0.4, -0.2) is 40.1 Å². The molecule has 0 saturated carbocycles. The van der Waals surface area contributed by atoms with Crippen molar-refractivity contribution in [3.8, 4) is 22.9 Å². The molecule has 0 aromatic carbocycles. The van der Waals surface area contributed by atoms with Crippen LogP contribution in [0.4, 0.5) is 5.69 Å². The van der Waals surface area contributed by atoms with E-state index in [0.29, 0.717) is 23.0 Å². The van der Waals surface area contributed by atoms with E-state index in [1.165, 1.54) is 32.9 Å². The molecule has 0 aliphatic heterocycles. The average molecular weight is 372 g/mol. The molecule has 8 nitrogen and oxygen atoms in total. The van der Waals surface area contributed by atoms with Crippen molar-refractivity contribution in [1.29, 1.82) is 0 Å². The summed E-state index contributed by atoms with van der Waals surface area (Å²) in [4.78, 5) is 28.7. The van der Waals surface area contributed by atoms with Gasteiger partial charge in [0.1, 0.15) is 22.7 Å². The summed E-state index contributed by atoms with van der Waals surface area (Å²) in [6.07, 6.45) is 5.78. The van der Waals surface area contributed by atoms with Crippen LogP contribution in [-0.2, 0) is 0 Å². The third kappa shape index (κ3) is 3.70. The zero-order valence-corrected chi connectivity index (χ0v) is 14.7. The summed E-state index contributed by atoms with van der Waals surface area (Å²) >= 11 is 6.01. The first-order valence-corrected chi connectivity index (χ1v) is 7.81. The summed E-state index contributed by atoms with van der Waals surface area (Å²) in [6.45, 7) is 0. The minimum absolute atomic E-state index is 0.174. The lowest BCUT2D eigenvalue weighted by molar-refractivity contribution is 0.102. The Kier molecular flexibility index (Phi) is 5.23. The van der Waals surface area contributed by atoms with Crippen molar-refractivity contribution >= 4 is 23.2 Å². The van der Waals surface area contributed by atoms with Crippen LogP contribution in [0.25, 0.3) is 11.3 Å². The van der Waals surface area contributed by atoms with Gasteiger partial charge >= 0.3 is 0 Å². The molecule has 0 spiro atoms. The number of halogens is 1. The van der Waals surface area contributed by atoms with Gasteiger partial charge in [0.05, 0.1) is 26.1 Å². The Labute approximate surface area is 154 Å². The monoisotopic (exact) mass is 371 g/mol. The van der Waals surface area contributed by atoms with Gasteiger partial charge in [-0.3, -0.25) is 9.78 Å². The predicted octanol–water partition coefficient (Wildman–Crippen LogP) is 2.86. The van der Waals surface area contributed by atoms with Crippen LogP contribution in [0.15, 0.2) is 43.1 Å². The zero-order chi connectivity index (χ0) is 18.5. The molecule has 9 heteroatoms. The van der Waals surface area contributed by atoms with E-state index >= 15 is 0 Å². The molecule has 3 rings (SSSR count). The first-order valence-electron chi connectivity index (χ1n) is 7.43. The van der Waals surface area contributed by atoms with Gasteiger partial charge in [-0.25, -0.2) is 15.0 Å². The van der Waals surface area contributed by atoms with Crippen LogP contribution in [0, 0.1) is 0 Å². The number of carbonyl (C=O) groups excluding carboxylic acids is 1. The standard InChI is InChI=1S/C17H14ClN5O3/c1-25-15-5-10(3-4-20-15)12-6-13(22-9-21-12)17(24)23-14-8-19-7-11(18)16(14)26-2/h3-9H,1-2H3,(H,23,24). The van der Waals surface area contributed by atoms with E-state index in [-0.39, 0.29) is 10.7 Å². The lowest BCUT2D eigenvalue weighted by atomic mass is 10.1. The Morgan fingerprint density at radius 2 is 1.96 bits per heavy atom. The second-order valence-corrected chi connectivity index (χ2v) is 5.44. The van der Waals surface area contributed by atoms with E-state index in [1.54, 1.807) is 24.4 Å². The van der Waals surface area contributed by atoms with Crippen LogP contribution in [0.5, 0.6) is 11.6 Å². The van der Waals surface area contributed by atoms with Gasteiger partial charge in [-0.1, -0.05) is 11.6 Å². The van der Waals surface area contributed by atoms with Gasteiger partial charge in [0, 0.05) is 24.0 Å². The summed E-state index contributed by atoms with van der Waals surface area (Å²) in [5.41, 5.74) is 1.82. The Morgan fingerprint density at radius 1 is 1.12 bits per heavy atom. The smallest absolute Gasteiger partial charge is 0.274 e. The molecule has 0 aliphatic carbocycles. The molecule has 132 valence electrons. The number of anilines is 1. The molecule has 0 unspecified atom stereocenters. The van der Waals surface area contributed by atoms with Gasteiger partial charge < -0.3 is 14.8 Å². The third-order valence-electron chi connectivity index (χ3n) is 3.44. The normalized spacial score (nSPS) is 10.3. The highest BCUT2D eigenvalue weighted by molar-refractivity contribution is 6.32. The lowest BCUT2D eigenvalue weighted by Gasteiger charge is -2.10. The number of ether oxygens (including phenoxy) is 2. The number of pyridine rings is 2. The third-order valence-corrected chi connectivity index (χ3v) is 3.71. The van der Waals surface area contributed by atoms with E-state index in [4.69, 9.17) is 21.1 Å². The largest absolute Gasteiger partial charge is 0.493 e. The average Bonchev–Trinajstić information content (AvgIpc) is 2.68. The summed E-state index contributed by atoms with van der Waals surface area (Å²) in [6, 6.07) is 5.04. The highest BCUT2D eigenvalue weighted by Crippen LogP contribution is 2.31. The van der Waals surface area contributed by atoms with Crippen LogP contribution in [0.3, 0.4) is 0 Å². The van der Waals surface area contributed by atoms with Crippen molar-refractivity contribution in [2.24, 2.45) is 0 Å². The second kappa shape index (κ2) is 7.75. The number of hydrogen-bond acceptors (Lipinski definition) is 7. The van der Waals surface area contributed by atoms with Crippen molar-refractivity contribution in [2.75, 3.05) is 19.5 Å². The molecule has 3 heterocycles. The molecule has 0 aliphatic rings. The molecule has 1 amide bonds. The summed E-state index contributed by atoms with van der Waals surface area (Å²) in [7, 11) is 2.98. The molecular formula is C17H14ClN5O3. The maximum absolute atomic E-state index is 12.5. The van der Waals surface area contributed by atoms with Crippen molar-refractivity contribution < 1.29 is 14.3 Å². The van der Waals surface area contributed by atoms with E-state index < -0.39 is 5.91 Å². The Morgan fingerprint density at radius 3 is 2.73 bits per heavy atom. The first-order chi connectivity index (χ1) is 12.6. The van der Waals surface area contributed by atoms with Crippen molar-refractivity contribution in [1.82, 2.24) is 19.9 Å². The molecule has 3 aromatic heterocycles. The van der Waals surface area contributed by atoms with Crippen molar-refractivity contribution in [3.63, 3.8) is 0 Å². The van der Waals surface area contributed by atoms with Gasteiger partial charge in [0.25, 0.3) is 5.91 Å². The fourth-order valence-corrected chi connectivity index (χ4v) is 2.46. The number of carbonyl (C=O) groups is 1. The Hall–Kier alpha value is -3.26. The molecule has 0 atom stereocenters. The number of rotatable bonds is 5. The number of nitrogens with one attached hydrogen (secondary N) is 1. The molecule has 0 saturated heterocycles. The molecule has 1 N–H and O–H groups in total. The minimum atomic E-state index is -0.447. The van der Waals surface area contributed by atoms with Crippen LogP contribution >= 0.6 is 11.6 Å². The number of amides is 1. The van der Waals surface area contributed by atoms with E-state index in [2.05, 4.69) is 25.3 Å². The number of nitrogens with zero attached hydrogens (tertiary/aromatic N) is 4. The summed E-state index contributed by atoms with van der Waals surface area (Å²) in [5.74, 6) is 0.321. The van der Waals surface area contributed by atoms with E-state index in [1.807, 2.05) is 0 Å². The number of hydrogen-bond donors (Lipinski definition) is 1. The lowest BCUT2D eigenvalue weighted by Crippen LogP contribution is -2.15. The van der Waals surface area contributed by atoms with E-state index in [0.717, 1.165) is 5.56 Å². The predicted molar refractivity (Wildman–Crippen MR) is 95.6 cm³/mol. The summed E-state index contributed by atoms with van der Waals surface area (Å²) in [5, 5.41) is 2.97. The van der Waals surface area contributed by atoms with Crippen molar-refractivity contribution in [3.05, 3.63) is 53.8 Å². The summed E-state index contributed by atoms with van der Waals surface area (Å²) < 4.78 is 10.3. The highest BCUT2D eigenvalue weighted by Gasteiger charge is 2.15. The van der Waals surface area contributed by atoms with E-state index in [9.17, 15) is 4.79 Å². The topological polar surface area (TPSA) is 99.1 Å². The fourth-order valence-electron chi connectivity index (χ4n) is 2.23. The maximum Gasteiger partial charge on any atom is 0.274 e. The van der Waals surface area contributed by atoms with Gasteiger partial charge in [-0.2, -0.15) is 0 Å². The highest BCUT2D eigenvalue weighted by atomic mass is 35.5. The van der Waals surface area contributed by atoms with Crippen LogP contribution in [0.2, 0.25) is 5.02 Å². The maximum atomic E-state index is 12.5. The number of aromatic nitrogens is 4. The van der Waals surface area contributed by atoms with Crippen LogP contribution < -0.4 is 14.8 Å². The zero-order valence-electron chi connectivity index (χ0n) is 13.9. The second-order valence-electron chi connectivity index (χ2n) is 5.03. The molecular weight excluding hydrogens is 358 g/mol. The molecule has 0 bridgehead atoms. The Balaban J connectivity index is 1.88. The number of methoxy groups -OCH3 is 2. The molecule has 26 heavy (non-hydrogen) atoms. The molecule has 0 radical (unpaired) electrons. The molecule has 0 fully saturated rings. The van der Waals surface area contributed by atoms with Gasteiger partial charge in [-0.05, 0) is 12.1 Å². The quantitative estimate of drug-likeness (QED) is 0.736. The van der Waals surface area contributed by atoms with Gasteiger partial charge in [0.15, 0.2) is 5.75 Å². The Bertz CT molecular complexity index is 951. The van der Waals surface area contributed by atoms with Crippen molar-refractivity contribution in [2.45, 2.75) is 0 Å². The fraction of sp³-hybridized carbons (Fsp3) is 0.118. The first kappa shape index (κ1) is 17.6. The van der Waals surface area contributed by atoms with Gasteiger partial charge in [-0.15, -0.1) is 0 Å². The SMILES string of the molecule is COc1cc(-c2cc(C(=O)Nc3cncc(Cl)c3OC)ncn2)ccn1. The molecule has 3 aromatic rings. The van der Waals surface area contributed by atoms with Gasteiger partial charge in [0.2, 0.25) is 5.88 Å². The minimum Gasteiger partial charge on any atom is -0.493 e. The van der Waals surface area contributed by atoms with Crippen LogP contribution in [0.1, 0.15) is 10.5 Å².